The Kier molecular flexibility index (Phi) is 8.63. The van der Waals surface area contributed by atoms with E-state index in [1.54, 1.807) is 49.6 Å². The van der Waals surface area contributed by atoms with Gasteiger partial charge in [-0.25, -0.2) is 0 Å². The maximum absolute atomic E-state index is 13.3. The molecule has 11 heteroatoms. The van der Waals surface area contributed by atoms with Gasteiger partial charge in [0.25, 0.3) is 5.91 Å². The van der Waals surface area contributed by atoms with E-state index in [9.17, 15) is 22.8 Å². The van der Waals surface area contributed by atoms with Crippen molar-refractivity contribution in [2.45, 2.75) is 51.5 Å². The van der Waals surface area contributed by atoms with Crippen LogP contribution in [0.5, 0.6) is 0 Å². The number of pyridine rings is 1. The average Bonchev–Trinajstić information content (AvgIpc) is 3.51. The van der Waals surface area contributed by atoms with Crippen molar-refractivity contribution in [3.63, 3.8) is 0 Å². The van der Waals surface area contributed by atoms with Crippen LogP contribution in [0.15, 0.2) is 73.3 Å². The van der Waals surface area contributed by atoms with E-state index in [-0.39, 0.29) is 30.4 Å². The van der Waals surface area contributed by atoms with Crippen molar-refractivity contribution in [2.75, 3.05) is 13.1 Å². The molecular weight excluding hydrogens is 557 g/mol. The Labute approximate surface area is 247 Å². The summed E-state index contributed by atoms with van der Waals surface area (Å²) in [6, 6.07) is 12.2. The van der Waals surface area contributed by atoms with Gasteiger partial charge in [-0.05, 0) is 60.2 Å². The van der Waals surface area contributed by atoms with E-state index in [1.807, 2.05) is 22.7 Å². The van der Waals surface area contributed by atoms with Gasteiger partial charge in [0.1, 0.15) is 0 Å². The first kappa shape index (κ1) is 30.0. The van der Waals surface area contributed by atoms with Crippen molar-refractivity contribution < 1.29 is 22.8 Å². The molecule has 1 aliphatic rings. The molecule has 0 saturated carbocycles. The number of alkyl halides is 3. The Hall–Kier alpha value is -4.51. The molecule has 224 valence electrons. The van der Waals surface area contributed by atoms with Crippen LogP contribution in [0.4, 0.5) is 13.2 Å². The Morgan fingerprint density at radius 1 is 1.00 bits per heavy atom. The Morgan fingerprint density at radius 2 is 1.72 bits per heavy atom. The number of aromatic nitrogens is 3. The van der Waals surface area contributed by atoms with E-state index < -0.39 is 11.7 Å². The number of piperidine rings is 1. The highest BCUT2D eigenvalue weighted by atomic mass is 19.4. The first-order chi connectivity index (χ1) is 20.5. The van der Waals surface area contributed by atoms with Crippen LogP contribution in [-0.2, 0) is 17.5 Å². The number of amides is 2. The summed E-state index contributed by atoms with van der Waals surface area (Å²) >= 11 is 0. The summed E-state index contributed by atoms with van der Waals surface area (Å²) in [6.45, 7) is 4.93. The van der Waals surface area contributed by atoms with E-state index >= 15 is 0 Å². The van der Waals surface area contributed by atoms with Gasteiger partial charge in [-0.15, -0.1) is 0 Å². The van der Waals surface area contributed by atoms with E-state index in [0.717, 1.165) is 41.7 Å². The molecule has 3 N–H and O–H groups in total. The molecule has 0 spiro atoms. The van der Waals surface area contributed by atoms with Crippen molar-refractivity contribution in [1.29, 1.82) is 0 Å². The molecule has 8 nitrogen and oxygen atoms in total. The third-order valence-electron chi connectivity index (χ3n) is 7.95. The van der Waals surface area contributed by atoms with Crippen LogP contribution in [0.3, 0.4) is 0 Å². The lowest BCUT2D eigenvalue weighted by Gasteiger charge is -2.31. The number of likely N-dealkylation sites (tertiary alicyclic amines) is 1. The van der Waals surface area contributed by atoms with Crippen molar-refractivity contribution in [1.82, 2.24) is 25.0 Å². The molecule has 1 saturated heterocycles. The fourth-order valence-corrected chi connectivity index (χ4v) is 5.37. The van der Waals surface area contributed by atoms with Crippen molar-refractivity contribution in [2.24, 2.45) is 5.73 Å². The summed E-state index contributed by atoms with van der Waals surface area (Å²) in [7, 11) is 0. The molecule has 2 aromatic heterocycles. The van der Waals surface area contributed by atoms with Gasteiger partial charge >= 0.3 is 6.18 Å². The molecule has 2 amide bonds. The molecule has 1 atom stereocenters. The summed E-state index contributed by atoms with van der Waals surface area (Å²) in [5.41, 5.74) is 9.47. The van der Waals surface area contributed by atoms with Gasteiger partial charge in [0, 0.05) is 56.3 Å². The zero-order chi connectivity index (χ0) is 30.7. The van der Waals surface area contributed by atoms with Crippen LogP contribution < -0.4 is 11.1 Å². The molecule has 0 aliphatic carbocycles. The molecule has 5 rings (SSSR count). The van der Waals surface area contributed by atoms with Gasteiger partial charge in [-0.3, -0.25) is 19.3 Å². The number of rotatable bonds is 7. The van der Waals surface area contributed by atoms with Gasteiger partial charge in [-0.2, -0.15) is 18.3 Å². The van der Waals surface area contributed by atoms with Gasteiger partial charge in [0.05, 0.1) is 29.4 Å². The van der Waals surface area contributed by atoms with Crippen LogP contribution in [0.1, 0.15) is 65.8 Å². The number of hydrogen-bond acceptors (Lipinski definition) is 5. The zero-order valence-electron chi connectivity index (χ0n) is 23.9. The summed E-state index contributed by atoms with van der Waals surface area (Å²) < 4.78 is 41.8. The lowest BCUT2D eigenvalue weighted by Crippen LogP contribution is -2.37. The largest absolute Gasteiger partial charge is 0.416 e. The van der Waals surface area contributed by atoms with E-state index in [0.29, 0.717) is 35.3 Å². The highest BCUT2D eigenvalue weighted by molar-refractivity contribution is 5.95. The molecule has 0 bridgehead atoms. The van der Waals surface area contributed by atoms with Gasteiger partial charge in [0.2, 0.25) is 5.91 Å². The molecular formula is C32H33F3N6O2. The third-order valence-corrected chi connectivity index (χ3v) is 7.95. The van der Waals surface area contributed by atoms with Crippen LogP contribution in [0.2, 0.25) is 0 Å². The van der Waals surface area contributed by atoms with Crippen molar-refractivity contribution >= 4 is 11.8 Å². The fourth-order valence-electron chi connectivity index (χ4n) is 5.37. The van der Waals surface area contributed by atoms with Crippen LogP contribution >= 0.6 is 0 Å². The number of halogens is 3. The van der Waals surface area contributed by atoms with Gasteiger partial charge in [-0.1, -0.05) is 30.3 Å². The molecule has 1 fully saturated rings. The summed E-state index contributed by atoms with van der Waals surface area (Å²) in [5, 5.41) is 7.50. The monoisotopic (exact) mass is 590 g/mol. The maximum Gasteiger partial charge on any atom is 0.416 e. The second kappa shape index (κ2) is 12.4. The van der Waals surface area contributed by atoms with E-state index in [2.05, 4.69) is 15.4 Å². The SMILES string of the molecule is CC(=O)N1CCC(n2cc(-c3cncc(C(=O)N[C@H](C)c4ccc(-c5cc(C(F)(F)F)ccc5CN)cc4)c3)cn2)CC1. The Balaban J connectivity index is 1.26. The number of nitrogens with zero attached hydrogens (tertiary/aromatic N) is 4. The summed E-state index contributed by atoms with van der Waals surface area (Å²) in [5.74, 6) is -0.221. The predicted molar refractivity (Wildman–Crippen MR) is 157 cm³/mol. The number of hydrogen-bond donors (Lipinski definition) is 2. The second-order valence-electron chi connectivity index (χ2n) is 10.8. The van der Waals surface area contributed by atoms with Crippen molar-refractivity contribution in [3.05, 3.63) is 95.6 Å². The smallest absolute Gasteiger partial charge is 0.345 e. The Morgan fingerprint density at radius 3 is 2.37 bits per heavy atom. The molecule has 1 aliphatic heterocycles. The predicted octanol–water partition coefficient (Wildman–Crippen LogP) is 5.76. The highest BCUT2D eigenvalue weighted by Crippen LogP contribution is 2.34. The third kappa shape index (κ3) is 6.77. The standard InChI is InChI=1S/C32H33F3N6O2/c1-20(22-3-5-23(6-4-22)30-14-28(32(33,34)35)8-7-24(30)15-36)39-31(43)26-13-25(16-37-17-26)27-18-38-41(19-27)29-9-11-40(12-10-29)21(2)42/h3-8,13-14,16-20,29H,9-12,15,36H2,1-2H3,(H,39,43)/t20-/m1/s1. The number of nitrogens with two attached hydrogens (primary N) is 1. The van der Waals surface area contributed by atoms with Crippen LogP contribution in [0.25, 0.3) is 22.3 Å². The molecule has 43 heavy (non-hydrogen) atoms. The van der Waals surface area contributed by atoms with E-state index in [4.69, 9.17) is 5.73 Å². The highest BCUT2D eigenvalue weighted by Gasteiger charge is 2.31. The molecule has 4 aromatic rings. The van der Waals surface area contributed by atoms with Gasteiger partial charge < -0.3 is 16.0 Å². The number of carbonyl (C=O) groups excluding carboxylic acids is 2. The van der Waals surface area contributed by atoms with Crippen molar-refractivity contribution in [3.8, 4) is 22.3 Å². The first-order valence-corrected chi connectivity index (χ1v) is 14.1. The molecule has 3 heterocycles. The number of benzene rings is 2. The van der Waals surface area contributed by atoms with Crippen LogP contribution in [-0.4, -0.2) is 44.6 Å². The molecule has 0 unspecified atom stereocenters. The number of carbonyl (C=O) groups is 2. The fraction of sp³-hybridized carbons (Fsp3) is 0.312. The second-order valence-corrected chi connectivity index (χ2v) is 10.8. The molecule has 0 radical (unpaired) electrons. The lowest BCUT2D eigenvalue weighted by atomic mass is 9.95. The zero-order valence-corrected chi connectivity index (χ0v) is 23.9. The van der Waals surface area contributed by atoms with E-state index in [1.165, 1.54) is 12.3 Å². The maximum atomic E-state index is 13.3. The minimum atomic E-state index is -4.46. The normalized spacial score (nSPS) is 14.9. The number of nitrogens with one attached hydrogen (secondary N) is 1. The minimum absolute atomic E-state index is 0.0864. The quantitative estimate of drug-likeness (QED) is 0.285. The van der Waals surface area contributed by atoms with Gasteiger partial charge in [0.15, 0.2) is 0 Å². The minimum Gasteiger partial charge on any atom is -0.345 e. The molecule has 2 aromatic carbocycles. The Bertz CT molecular complexity index is 1610. The van der Waals surface area contributed by atoms with Crippen LogP contribution in [0, 0.1) is 0 Å². The summed E-state index contributed by atoms with van der Waals surface area (Å²) in [4.78, 5) is 30.9. The first-order valence-electron chi connectivity index (χ1n) is 14.1. The average molecular weight is 591 g/mol. The lowest BCUT2D eigenvalue weighted by molar-refractivity contribution is -0.137. The topological polar surface area (TPSA) is 106 Å². The summed E-state index contributed by atoms with van der Waals surface area (Å²) in [6.07, 6.45) is 4.07.